The molecule has 0 aromatic heterocycles. The van der Waals surface area contributed by atoms with Gasteiger partial charge in [-0.05, 0) is 51.0 Å². The van der Waals surface area contributed by atoms with Crippen LogP contribution in [0.4, 0.5) is 0 Å². The zero-order chi connectivity index (χ0) is 13.8. The number of likely N-dealkylation sites (N-methyl/N-ethyl adjacent to an activating group) is 1. The Morgan fingerprint density at radius 2 is 1.79 bits per heavy atom. The van der Waals surface area contributed by atoms with E-state index in [1.54, 1.807) is 0 Å². The first-order chi connectivity index (χ1) is 9.11. The third kappa shape index (κ3) is 3.95. The van der Waals surface area contributed by atoms with Crippen molar-refractivity contribution in [1.82, 2.24) is 10.2 Å². The summed E-state index contributed by atoms with van der Waals surface area (Å²) in [5.41, 5.74) is 0. The molecule has 1 heterocycles. The van der Waals surface area contributed by atoms with Crippen molar-refractivity contribution in [2.45, 2.75) is 71.4 Å². The van der Waals surface area contributed by atoms with Crippen LogP contribution in [0.1, 0.15) is 59.3 Å². The summed E-state index contributed by atoms with van der Waals surface area (Å²) in [6, 6.07) is 1.47. The van der Waals surface area contributed by atoms with Crippen LogP contribution >= 0.6 is 0 Å². The summed E-state index contributed by atoms with van der Waals surface area (Å²) >= 11 is 0. The van der Waals surface area contributed by atoms with Gasteiger partial charge >= 0.3 is 0 Å². The molecule has 0 radical (unpaired) electrons. The molecule has 0 aromatic carbocycles. The predicted octanol–water partition coefficient (Wildman–Crippen LogP) is 3.52. The van der Waals surface area contributed by atoms with Crippen molar-refractivity contribution in [3.05, 3.63) is 0 Å². The van der Waals surface area contributed by atoms with Crippen molar-refractivity contribution in [3.63, 3.8) is 0 Å². The number of nitrogens with zero attached hydrogens (tertiary/aromatic N) is 1. The van der Waals surface area contributed by atoms with Gasteiger partial charge in [-0.2, -0.15) is 0 Å². The lowest BCUT2D eigenvalue weighted by molar-refractivity contribution is 0.0602. The SMILES string of the molecule is CNC(CN1CC(C)CC(C)C1C)C1CCCCC1. The van der Waals surface area contributed by atoms with E-state index in [0.29, 0.717) is 6.04 Å². The summed E-state index contributed by atoms with van der Waals surface area (Å²) in [5.74, 6) is 2.64. The van der Waals surface area contributed by atoms with E-state index in [9.17, 15) is 0 Å². The van der Waals surface area contributed by atoms with Gasteiger partial charge in [0.25, 0.3) is 0 Å². The number of likely N-dealkylation sites (tertiary alicyclic amines) is 1. The molecule has 0 spiro atoms. The molecule has 2 rings (SSSR count). The molecule has 0 amide bonds. The van der Waals surface area contributed by atoms with E-state index in [2.05, 4.69) is 38.0 Å². The van der Waals surface area contributed by atoms with Gasteiger partial charge in [-0.25, -0.2) is 0 Å². The van der Waals surface area contributed by atoms with Crippen LogP contribution < -0.4 is 5.32 Å². The third-order valence-electron chi connectivity index (χ3n) is 5.74. The van der Waals surface area contributed by atoms with E-state index in [1.165, 1.54) is 51.6 Å². The van der Waals surface area contributed by atoms with Gasteiger partial charge < -0.3 is 5.32 Å². The summed E-state index contributed by atoms with van der Waals surface area (Å²) in [4.78, 5) is 2.76. The molecule has 0 aromatic rings. The minimum Gasteiger partial charge on any atom is -0.315 e. The van der Waals surface area contributed by atoms with E-state index in [4.69, 9.17) is 0 Å². The molecule has 1 aliphatic heterocycles. The molecule has 19 heavy (non-hydrogen) atoms. The molecule has 1 saturated carbocycles. The zero-order valence-electron chi connectivity index (χ0n) is 13.5. The average molecular weight is 266 g/mol. The Bertz CT molecular complexity index is 260. The van der Waals surface area contributed by atoms with Crippen molar-refractivity contribution in [2.75, 3.05) is 20.1 Å². The predicted molar refractivity (Wildman–Crippen MR) is 83.4 cm³/mol. The van der Waals surface area contributed by atoms with Crippen LogP contribution in [0.5, 0.6) is 0 Å². The molecule has 4 unspecified atom stereocenters. The van der Waals surface area contributed by atoms with Crippen LogP contribution in [-0.4, -0.2) is 37.1 Å². The highest BCUT2D eigenvalue weighted by molar-refractivity contribution is 4.87. The standard InChI is InChI=1S/C17H34N2/c1-13-10-14(2)15(3)19(11-13)12-17(18-4)16-8-6-5-7-9-16/h13-18H,5-12H2,1-4H3. The quantitative estimate of drug-likeness (QED) is 0.837. The fourth-order valence-corrected chi connectivity index (χ4v) is 4.34. The maximum Gasteiger partial charge on any atom is 0.0220 e. The highest BCUT2D eigenvalue weighted by Crippen LogP contribution is 2.30. The highest BCUT2D eigenvalue weighted by atomic mass is 15.2. The minimum absolute atomic E-state index is 0.709. The summed E-state index contributed by atoms with van der Waals surface area (Å²) in [6.45, 7) is 9.85. The maximum absolute atomic E-state index is 3.63. The Morgan fingerprint density at radius 3 is 2.42 bits per heavy atom. The van der Waals surface area contributed by atoms with Crippen LogP contribution in [0, 0.1) is 17.8 Å². The first-order valence-corrected chi connectivity index (χ1v) is 8.53. The number of hydrogen-bond acceptors (Lipinski definition) is 2. The monoisotopic (exact) mass is 266 g/mol. The van der Waals surface area contributed by atoms with Crippen LogP contribution in [0.25, 0.3) is 0 Å². The number of nitrogens with one attached hydrogen (secondary N) is 1. The number of hydrogen-bond donors (Lipinski definition) is 1. The van der Waals surface area contributed by atoms with Crippen LogP contribution in [0.15, 0.2) is 0 Å². The molecule has 2 nitrogen and oxygen atoms in total. The molecule has 1 saturated heterocycles. The van der Waals surface area contributed by atoms with Gasteiger partial charge in [-0.15, -0.1) is 0 Å². The summed E-state index contributed by atoms with van der Waals surface area (Å²) < 4.78 is 0. The molecular formula is C17H34N2. The lowest BCUT2D eigenvalue weighted by Gasteiger charge is -2.44. The van der Waals surface area contributed by atoms with E-state index >= 15 is 0 Å². The largest absolute Gasteiger partial charge is 0.315 e. The van der Waals surface area contributed by atoms with Crippen LogP contribution in [-0.2, 0) is 0 Å². The third-order valence-corrected chi connectivity index (χ3v) is 5.74. The van der Waals surface area contributed by atoms with E-state index in [1.807, 2.05) is 0 Å². The lowest BCUT2D eigenvalue weighted by Crippen LogP contribution is -2.52. The molecule has 2 heteroatoms. The fraction of sp³-hybridized carbons (Fsp3) is 1.00. The number of piperidine rings is 1. The Morgan fingerprint density at radius 1 is 1.11 bits per heavy atom. The highest BCUT2D eigenvalue weighted by Gasteiger charge is 2.32. The lowest BCUT2D eigenvalue weighted by atomic mass is 9.82. The molecule has 1 aliphatic carbocycles. The molecule has 1 N–H and O–H groups in total. The molecule has 2 fully saturated rings. The second-order valence-electron chi connectivity index (χ2n) is 7.31. The fourth-order valence-electron chi connectivity index (χ4n) is 4.34. The van der Waals surface area contributed by atoms with E-state index < -0.39 is 0 Å². The average Bonchev–Trinajstić information content (AvgIpc) is 2.42. The van der Waals surface area contributed by atoms with E-state index in [-0.39, 0.29) is 0 Å². The second-order valence-corrected chi connectivity index (χ2v) is 7.31. The van der Waals surface area contributed by atoms with Crippen LogP contribution in [0.3, 0.4) is 0 Å². The Hall–Kier alpha value is -0.0800. The summed E-state index contributed by atoms with van der Waals surface area (Å²) in [7, 11) is 2.17. The topological polar surface area (TPSA) is 15.3 Å². The van der Waals surface area contributed by atoms with Gasteiger partial charge in [0, 0.05) is 25.2 Å². The van der Waals surface area contributed by atoms with Gasteiger partial charge in [0.15, 0.2) is 0 Å². The Balaban J connectivity index is 1.92. The van der Waals surface area contributed by atoms with Crippen molar-refractivity contribution >= 4 is 0 Å². The Labute approximate surface area is 120 Å². The smallest absolute Gasteiger partial charge is 0.0220 e. The normalized spacial score (nSPS) is 36.3. The summed E-state index contributed by atoms with van der Waals surface area (Å²) in [6.07, 6.45) is 8.65. The minimum atomic E-state index is 0.709. The molecule has 4 atom stereocenters. The van der Waals surface area contributed by atoms with Gasteiger partial charge in [0.2, 0.25) is 0 Å². The first-order valence-electron chi connectivity index (χ1n) is 8.53. The van der Waals surface area contributed by atoms with Gasteiger partial charge in [-0.1, -0.05) is 33.1 Å². The summed E-state index contributed by atoms with van der Waals surface area (Å²) in [5, 5.41) is 3.63. The molecule has 2 aliphatic rings. The van der Waals surface area contributed by atoms with Gasteiger partial charge in [0.1, 0.15) is 0 Å². The molecule has 112 valence electrons. The van der Waals surface area contributed by atoms with Gasteiger partial charge in [0.05, 0.1) is 0 Å². The van der Waals surface area contributed by atoms with Crippen molar-refractivity contribution in [2.24, 2.45) is 17.8 Å². The van der Waals surface area contributed by atoms with Crippen molar-refractivity contribution in [3.8, 4) is 0 Å². The second kappa shape index (κ2) is 7.08. The Kier molecular flexibility index (Phi) is 5.70. The van der Waals surface area contributed by atoms with Crippen molar-refractivity contribution in [1.29, 1.82) is 0 Å². The van der Waals surface area contributed by atoms with Crippen molar-refractivity contribution < 1.29 is 0 Å². The van der Waals surface area contributed by atoms with Gasteiger partial charge in [-0.3, -0.25) is 4.90 Å². The molecular weight excluding hydrogens is 232 g/mol. The maximum atomic E-state index is 3.63. The van der Waals surface area contributed by atoms with E-state index in [0.717, 1.165) is 23.8 Å². The number of rotatable bonds is 4. The first kappa shape index (κ1) is 15.3. The van der Waals surface area contributed by atoms with Crippen LogP contribution in [0.2, 0.25) is 0 Å². The molecule has 0 bridgehead atoms. The zero-order valence-corrected chi connectivity index (χ0v) is 13.5.